The molecule has 96 valence electrons. The van der Waals surface area contributed by atoms with Crippen LogP contribution in [0.2, 0.25) is 0 Å². The molecule has 0 fully saturated rings. The minimum Gasteiger partial charge on any atom is -0.325 e. The molecule has 3 nitrogen and oxygen atoms in total. The molecule has 2 aromatic carbocycles. The van der Waals surface area contributed by atoms with Gasteiger partial charge in [0, 0.05) is 11.3 Å². The maximum absolute atomic E-state index is 11.8. The monoisotopic (exact) mass is 271 g/mol. The van der Waals surface area contributed by atoms with Gasteiger partial charge in [0.2, 0.25) is 11.0 Å². The number of thioether (sulfide) groups is 1. The van der Waals surface area contributed by atoms with Gasteiger partial charge in [-0.05, 0) is 12.1 Å². The lowest BCUT2D eigenvalue weighted by Gasteiger charge is -2.04. The zero-order valence-corrected chi connectivity index (χ0v) is 11.0. The van der Waals surface area contributed by atoms with E-state index in [1.165, 1.54) is 0 Å². The number of benzene rings is 2. The lowest BCUT2D eigenvalue weighted by Crippen LogP contribution is -2.15. The summed E-state index contributed by atoms with van der Waals surface area (Å²) in [5.41, 5.74) is 1.35. The third-order valence-corrected chi connectivity index (χ3v) is 3.31. The topological polar surface area (TPSA) is 46.2 Å². The van der Waals surface area contributed by atoms with Crippen LogP contribution >= 0.6 is 11.8 Å². The average molecular weight is 271 g/mol. The highest BCUT2D eigenvalue weighted by molar-refractivity contribution is 8.14. The van der Waals surface area contributed by atoms with Crippen LogP contribution in [0, 0.1) is 0 Å². The van der Waals surface area contributed by atoms with Crippen molar-refractivity contribution in [2.75, 3.05) is 11.1 Å². The molecule has 0 bridgehead atoms. The summed E-state index contributed by atoms with van der Waals surface area (Å²) in [6, 6.07) is 18.1. The molecule has 0 saturated heterocycles. The van der Waals surface area contributed by atoms with Crippen LogP contribution in [0.1, 0.15) is 10.4 Å². The molecule has 1 amide bonds. The Labute approximate surface area is 116 Å². The van der Waals surface area contributed by atoms with Gasteiger partial charge in [-0.3, -0.25) is 9.59 Å². The standard InChI is InChI=1S/C15H13NO2S/c17-14(16-13-9-5-2-6-10-13)11-19-15(18)12-7-3-1-4-8-12/h1-10H,11H2,(H,16,17). The molecule has 1 N–H and O–H groups in total. The predicted octanol–water partition coefficient (Wildman–Crippen LogP) is 3.20. The Kier molecular flexibility index (Phi) is 4.75. The average Bonchev–Trinajstić information content (AvgIpc) is 2.47. The van der Waals surface area contributed by atoms with Gasteiger partial charge in [0.15, 0.2) is 0 Å². The Morgan fingerprint density at radius 2 is 1.47 bits per heavy atom. The Morgan fingerprint density at radius 1 is 0.895 bits per heavy atom. The molecule has 2 aromatic rings. The maximum atomic E-state index is 11.8. The lowest BCUT2D eigenvalue weighted by molar-refractivity contribution is -0.113. The number of amides is 1. The third-order valence-electron chi connectivity index (χ3n) is 2.40. The van der Waals surface area contributed by atoms with Gasteiger partial charge in [0.1, 0.15) is 0 Å². The quantitative estimate of drug-likeness (QED) is 0.928. The van der Waals surface area contributed by atoms with Crippen molar-refractivity contribution >= 4 is 28.5 Å². The highest BCUT2D eigenvalue weighted by Crippen LogP contribution is 2.13. The number of carbonyl (C=O) groups excluding carboxylic acids is 2. The SMILES string of the molecule is O=C(CSC(=O)c1ccccc1)Nc1ccccc1. The van der Waals surface area contributed by atoms with Crippen LogP contribution in [0.15, 0.2) is 60.7 Å². The van der Waals surface area contributed by atoms with Crippen LogP contribution in [0.5, 0.6) is 0 Å². The second-order valence-corrected chi connectivity index (χ2v) is 4.80. The Balaban J connectivity index is 1.83. The van der Waals surface area contributed by atoms with E-state index < -0.39 is 0 Å². The van der Waals surface area contributed by atoms with E-state index in [4.69, 9.17) is 0 Å². The van der Waals surface area contributed by atoms with Crippen molar-refractivity contribution in [1.82, 2.24) is 0 Å². The predicted molar refractivity (Wildman–Crippen MR) is 78.3 cm³/mol. The maximum Gasteiger partial charge on any atom is 0.234 e. The summed E-state index contributed by atoms with van der Waals surface area (Å²) in [6.07, 6.45) is 0. The van der Waals surface area contributed by atoms with Crippen LogP contribution in [0.25, 0.3) is 0 Å². The highest BCUT2D eigenvalue weighted by Gasteiger charge is 2.09. The summed E-state index contributed by atoms with van der Waals surface area (Å²) in [6.45, 7) is 0. The van der Waals surface area contributed by atoms with Gasteiger partial charge in [0.05, 0.1) is 5.75 Å². The largest absolute Gasteiger partial charge is 0.325 e. The van der Waals surface area contributed by atoms with Gasteiger partial charge in [0.25, 0.3) is 0 Å². The van der Waals surface area contributed by atoms with Crippen LogP contribution in [0.3, 0.4) is 0 Å². The highest BCUT2D eigenvalue weighted by atomic mass is 32.2. The number of rotatable bonds is 4. The van der Waals surface area contributed by atoms with Gasteiger partial charge in [-0.15, -0.1) is 0 Å². The second-order valence-electron chi connectivity index (χ2n) is 3.86. The van der Waals surface area contributed by atoms with Crippen molar-refractivity contribution in [1.29, 1.82) is 0 Å². The molecule has 0 unspecified atom stereocenters. The van der Waals surface area contributed by atoms with E-state index in [0.717, 1.165) is 17.4 Å². The molecular weight excluding hydrogens is 258 g/mol. The van der Waals surface area contributed by atoms with Gasteiger partial charge in [-0.1, -0.05) is 60.3 Å². The van der Waals surface area contributed by atoms with E-state index in [-0.39, 0.29) is 16.8 Å². The number of hydrogen-bond donors (Lipinski definition) is 1. The zero-order chi connectivity index (χ0) is 13.5. The summed E-state index contributed by atoms with van der Waals surface area (Å²) in [7, 11) is 0. The first kappa shape index (κ1) is 13.4. The van der Waals surface area contributed by atoms with Crippen molar-refractivity contribution in [2.45, 2.75) is 0 Å². The molecule has 19 heavy (non-hydrogen) atoms. The smallest absolute Gasteiger partial charge is 0.234 e. The number of hydrogen-bond acceptors (Lipinski definition) is 3. The summed E-state index contributed by atoms with van der Waals surface area (Å²) >= 11 is 1.01. The third kappa shape index (κ3) is 4.26. The second kappa shape index (κ2) is 6.75. The lowest BCUT2D eigenvalue weighted by atomic mass is 10.2. The molecule has 0 aliphatic carbocycles. The summed E-state index contributed by atoms with van der Waals surface area (Å²) < 4.78 is 0. The summed E-state index contributed by atoms with van der Waals surface area (Å²) in [5, 5.41) is 2.64. The van der Waals surface area contributed by atoms with E-state index in [1.807, 2.05) is 36.4 Å². The fourth-order valence-electron chi connectivity index (χ4n) is 1.51. The first-order valence-electron chi connectivity index (χ1n) is 5.83. The molecule has 2 rings (SSSR count). The fraction of sp³-hybridized carbons (Fsp3) is 0.0667. The molecule has 0 radical (unpaired) electrons. The first-order chi connectivity index (χ1) is 9.25. The van der Waals surface area contributed by atoms with Gasteiger partial charge in [-0.2, -0.15) is 0 Å². The molecule has 0 spiro atoms. The number of anilines is 1. The van der Waals surface area contributed by atoms with E-state index in [1.54, 1.807) is 24.3 Å². The molecule has 0 aliphatic rings. The van der Waals surface area contributed by atoms with Crippen molar-refractivity contribution in [2.24, 2.45) is 0 Å². The van der Waals surface area contributed by atoms with E-state index in [9.17, 15) is 9.59 Å². The normalized spacial score (nSPS) is 9.89. The van der Waals surface area contributed by atoms with Crippen LogP contribution in [0.4, 0.5) is 5.69 Å². The van der Waals surface area contributed by atoms with Crippen molar-refractivity contribution < 1.29 is 9.59 Å². The number of para-hydroxylation sites is 1. The molecule has 0 heterocycles. The van der Waals surface area contributed by atoms with Crippen molar-refractivity contribution in [3.05, 3.63) is 66.2 Å². The summed E-state index contributed by atoms with van der Waals surface area (Å²) in [5.74, 6) is -0.0664. The Bertz CT molecular complexity index is 555. The minimum absolute atomic E-state index is 0.0937. The molecule has 0 atom stereocenters. The molecule has 0 saturated carbocycles. The molecule has 0 aliphatic heterocycles. The first-order valence-corrected chi connectivity index (χ1v) is 6.81. The van der Waals surface area contributed by atoms with Gasteiger partial charge in [-0.25, -0.2) is 0 Å². The van der Waals surface area contributed by atoms with Crippen molar-refractivity contribution in [3.8, 4) is 0 Å². The van der Waals surface area contributed by atoms with E-state index in [0.29, 0.717) is 5.56 Å². The van der Waals surface area contributed by atoms with Crippen molar-refractivity contribution in [3.63, 3.8) is 0 Å². The van der Waals surface area contributed by atoms with Gasteiger partial charge >= 0.3 is 0 Å². The Morgan fingerprint density at radius 3 is 2.11 bits per heavy atom. The fourth-order valence-corrected chi connectivity index (χ4v) is 2.14. The van der Waals surface area contributed by atoms with Crippen LogP contribution in [-0.2, 0) is 4.79 Å². The Hall–Kier alpha value is -2.07. The number of carbonyl (C=O) groups is 2. The minimum atomic E-state index is -0.180. The molecular formula is C15H13NO2S. The van der Waals surface area contributed by atoms with Crippen LogP contribution in [-0.4, -0.2) is 16.8 Å². The molecule has 4 heteroatoms. The van der Waals surface area contributed by atoms with E-state index in [2.05, 4.69) is 5.32 Å². The molecule has 0 aromatic heterocycles. The number of nitrogens with one attached hydrogen (secondary N) is 1. The van der Waals surface area contributed by atoms with Gasteiger partial charge < -0.3 is 5.32 Å². The zero-order valence-electron chi connectivity index (χ0n) is 10.2. The van der Waals surface area contributed by atoms with E-state index >= 15 is 0 Å². The van der Waals surface area contributed by atoms with Crippen LogP contribution < -0.4 is 5.32 Å². The summed E-state index contributed by atoms with van der Waals surface area (Å²) in [4.78, 5) is 23.4.